The molecule has 29 heavy (non-hydrogen) atoms. The number of nitrogens with one attached hydrogen (secondary N) is 1. The Labute approximate surface area is 169 Å². The maximum absolute atomic E-state index is 12.7. The van der Waals surface area contributed by atoms with Gasteiger partial charge in [0.25, 0.3) is 11.8 Å². The number of piperidine rings is 1. The predicted octanol–water partition coefficient (Wildman–Crippen LogP) is 2.19. The molecule has 2 amide bonds. The largest absolute Gasteiger partial charge is 0.378 e. The Balaban J connectivity index is 1.41. The van der Waals surface area contributed by atoms with Crippen LogP contribution < -0.4 is 10.2 Å². The first kappa shape index (κ1) is 19.3. The van der Waals surface area contributed by atoms with Crippen LogP contribution in [0.2, 0.25) is 0 Å². The highest BCUT2D eigenvalue weighted by Gasteiger charge is 2.19. The zero-order valence-corrected chi connectivity index (χ0v) is 16.3. The lowest BCUT2D eigenvalue weighted by atomic mass is 10.1. The van der Waals surface area contributed by atoms with Crippen molar-refractivity contribution in [1.82, 2.24) is 14.9 Å². The average molecular weight is 395 g/mol. The van der Waals surface area contributed by atoms with E-state index in [9.17, 15) is 9.59 Å². The van der Waals surface area contributed by atoms with Gasteiger partial charge in [0.1, 0.15) is 0 Å². The molecule has 2 aliphatic heterocycles. The molecule has 0 bridgehead atoms. The van der Waals surface area contributed by atoms with E-state index >= 15 is 0 Å². The number of nitrogens with zero attached hydrogens (tertiary/aromatic N) is 4. The minimum Gasteiger partial charge on any atom is -0.378 e. The molecule has 2 aromatic rings. The van der Waals surface area contributed by atoms with Crippen LogP contribution in [0.3, 0.4) is 0 Å². The number of hydrogen-bond acceptors (Lipinski definition) is 6. The number of carbonyl (C=O) groups excluding carboxylic acids is 2. The first-order valence-corrected chi connectivity index (χ1v) is 10.1. The Bertz CT molecular complexity index is 859. The summed E-state index contributed by atoms with van der Waals surface area (Å²) in [4.78, 5) is 37.8. The van der Waals surface area contributed by atoms with Gasteiger partial charge in [0, 0.05) is 49.8 Å². The van der Waals surface area contributed by atoms with Crippen LogP contribution in [0.1, 0.15) is 40.0 Å². The Hall–Kier alpha value is -3.00. The van der Waals surface area contributed by atoms with Gasteiger partial charge in [0.15, 0.2) is 0 Å². The van der Waals surface area contributed by atoms with Crippen LogP contribution in [0.15, 0.2) is 36.7 Å². The van der Waals surface area contributed by atoms with E-state index in [0.717, 1.165) is 39.0 Å². The first-order chi connectivity index (χ1) is 14.2. The van der Waals surface area contributed by atoms with Gasteiger partial charge in [0.05, 0.1) is 18.8 Å². The van der Waals surface area contributed by atoms with Crippen molar-refractivity contribution in [2.24, 2.45) is 0 Å². The molecule has 3 heterocycles. The second-order valence-corrected chi connectivity index (χ2v) is 7.26. The molecule has 0 atom stereocenters. The van der Waals surface area contributed by atoms with Crippen molar-refractivity contribution in [1.29, 1.82) is 0 Å². The van der Waals surface area contributed by atoms with Gasteiger partial charge in [-0.25, -0.2) is 9.97 Å². The molecule has 4 rings (SSSR count). The Morgan fingerprint density at radius 1 is 0.931 bits per heavy atom. The third kappa shape index (κ3) is 4.71. The topological polar surface area (TPSA) is 87.7 Å². The van der Waals surface area contributed by atoms with Crippen LogP contribution in [-0.4, -0.2) is 66.1 Å². The van der Waals surface area contributed by atoms with Crippen LogP contribution in [0.25, 0.3) is 0 Å². The number of ether oxygens (including phenoxy) is 1. The third-order valence-electron chi connectivity index (χ3n) is 5.20. The molecule has 0 saturated carbocycles. The molecule has 1 N–H and O–H groups in total. The predicted molar refractivity (Wildman–Crippen MR) is 109 cm³/mol. The molecule has 152 valence electrons. The van der Waals surface area contributed by atoms with Crippen LogP contribution in [0, 0.1) is 0 Å². The van der Waals surface area contributed by atoms with E-state index in [-0.39, 0.29) is 11.8 Å². The van der Waals surface area contributed by atoms with Crippen molar-refractivity contribution in [3.63, 3.8) is 0 Å². The molecule has 0 aliphatic carbocycles. The van der Waals surface area contributed by atoms with E-state index in [4.69, 9.17) is 4.74 Å². The van der Waals surface area contributed by atoms with Gasteiger partial charge in [-0.2, -0.15) is 0 Å². The fourth-order valence-corrected chi connectivity index (χ4v) is 3.58. The van der Waals surface area contributed by atoms with Crippen molar-refractivity contribution >= 4 is 23.5 Å². The highest BCUT2D eigenvalue weighted by molar-refractivity contribution is 6.04. The van der Waals surface area contributed by atoms with E-state index < -0.39 is 0 Å². The molecule has 2 fully saturated rings. The van der Waals surface area contributed by atoms with E-state index in [1.165, 1.54) is 18.8 Å². The van der Waals surface area contributed by atoms with Gasteiger partial charge in [-0.15, -0.1) is 0 Å². The Morgan fingerprint density at radius 3 is 2.38 bits per heavy atom. The molecule has 2 saturated heterocycles. The molecule has 8 nitrogen and oxygen atoms in total. The summed E-state index contributed by atoms with van der Waals surface area (Å²) >= 11 is 0. The minimum atomic E-state index is -0.305. The molecule has 1 aromatic carbocycles. The zero-order valence-electron chi connectivity index (χ0n) is 16.3. The fraction of sp³-hybridized carbons (Fsp3) is 0.429. The van der Waals surface area contributed by atoms with Crippen molar-refractivity contribution in [3.05, 3.63) is 47.8 Å². The molecule has 0 unspecified atom stereocenters. The summed E-state index contributed by atoms with van der Waals surface area (Å²) in [5, 5.41) is 2.83. The highest BCUT2D eigenvalue weighted by Crippen LogP contribution is 2.17. The highest BCUT2D eigenvalue weighted by atomic mass is 16.5. The second-order valence-electron chi connectivity index (χ2n) is 7.26. The summed E-state index contributed by atoms with van der Waals surface area (Å²) in [5.41, 5.74) is 1.54. The maximum Gasteiger partial charge on any atom is 0.258 e. The van der Waals surface area contributed by atoms with E-state index in [0.29, 0.717) is 36.0 Å². The number of rotatable bonds is 4. The summed E-state index contributed by atoms with van der Waals surface area (Å²) in [7, 11) is 0. The first-order valence-electron chi connectivity index (χ1n) is 10.1. The molecule has 2 aliphatic rings. The van der Waals surface area contributed by atoms with Crippen LogP contribution >= 0.6 is 0 Å². The number of morpholine rings is 1. The number of benzene rings is 1. The number of anilines is 2. The van der Waals surface area contributed by atoms with Gasteiger partial charge in [-0.3, -0.25) is 9.59 Å². The number of carbonyl (C=O) groups is 2. The number of hydrogen-bond donors (Lipinski definition) is 1. The summed E-state index contributed by atoms with van der Waals surface area (Å²) < 4.78 is 5.33. The molecule has 0 radical (unpaired) electrons. The van der Waals surface area contributed by atoms with Crippen LogP contribution in [0.4, 0.5) is 11.6 Å². The number of aromatic nitrogens is 2. The van der Waals surface area contributed by atoms with E-state index in [1.54, 1.807) is 24.3 Å². The normalized spacial score (nSPS) is 17.1. The number of amides is 2. The van der Waals surface area contributed by atoms with Crippen molar-refractivity contribution < 1.29 is 14.3 Å². The summed E-state index contributed by atoms with van der Waals surface area (Å²) in [6, 6.07) is 7.06. The van der Waals surface area contributed by atoms with Crippen LogP contribution in [-0.2, 0) is 4.74 Å². The third-order valence-corrected chi connectivity index (χ3v) is 5.20. The zero-order chi connectivity index (χ0) is 20.1. The summed E-state index contributed by atoms with van der Waals surface area (Å²) in [5.74, 6) is 0.305. The molecule has 0 spiro atoms. The van der Waals surface area contributed by atoms with E-state index in [1.807, 2.05) is 9.80 Å². The van der Waals surface area contributed by atoms with Crippen LogP contribution in [0.5, 0.6) is 0 Å². The quantitative estimate of drug-likeness (QED) is 0.854. The van der Waals surface area contributed by atoms with Gasteiger partial charge < -0.3 is 19.9 Å². The number of likely N-dealkylation sites (tertiary alicyclic amines) is 1. The second kappa shape index (κ2) is 9.00. The van der Waals surface area contributed by atoms with Gasteiger partial charge in [-0.1, -0.05) is 6.07 Å². The molecular formula is C21H25N5O3. The monoisotopic (exact) mass is 395 g/mol. The molecule has 1 aromatic heterocycles. The lowest BCUT2D eigenvalue weighted by Crippen LogP contribution is -2.37. The van der Waals surface area contributed by atoms with Gasteiger partial charge in [-0.05, 0) is 37.5 Å². The van der Waals surface area contributed by atoms with Gasteiger partial charge in [0.2, 0.25) is 5.95 Å². The average Bonchev–Trinajstić information content (AvgIpc) is 2.80. The molecule has 8 heteroatoms. The molecular weight excluding hydrogens is 370 g/mol. The lowest BCUT2D eigenvalue weighted by molar-refractivity contribution is 0.0724. The summed E-state index contributed by atoms with van der Waals surface area (Å²) in [6.07, 6.45) is 6.31. The summed E-state index contributed by atoms with van der Waals surface area (Å²) in [6.45, 7) is 4.37. The van der Waals surface area contributed by atoms with Gasteiger partial charge >= 0.3 is 0 Å². The Kier molecular flexibility index (Phi) is 6.00. The standard InChI is InChI=1S/C21H25N5O3/c27-19(17-14-22-21(23-15-17)26-9-11-29-12-10-26)24-18-6-4-5-16(13-18)20(28)25-7-2-1-3-8-25/h4-6,13-15H,1-3,7-12H2,(H,24,27). The van der Waals surface area contributed by atoms with E-state index in [2.05, 4.69) is 15.3 Å². The van der Waals surface area contributed by atoms with Crippen molar-refractivity contribution in [2.75, 3.05) is 49.6 Å². The SMILES string of the molecule is O=C(Nc1cccc(C(=O)N2CCCCC2)c1)c1cnc(N2CCOCC2)nc1. The van der Waals surface area contributed by atoms with Crippen molar-refractivity contribution in [2.45, 2.75) is 19.3 Å². The van der Waals surface area contributed by atoms with Crippen molar-refractivity contribution in [3.8, 4) is 0 Å². The smallest absolute Gasteiger partial charge is 0.258 e. The lowest BCUT2D eigenvalue weighted by Gasteiger charge is -2.27. The minimum absolute atomic E-state index is 0.0130. The fourth-order valence-electron chi connectivity index (χ4n) is 3.58. The maximum atomic E-state index is 12.7. The Morgan fingerprint density at radius 2 is 1.66 bits per heavy atom.